The molecule has 4 heterocycles. The number of likely N-dealkylation sites (tertiary alicyclic amines) is 1. The number of hydrogen-bond acceptors (Lipinski definition) is 7. The van der Waals surface area contributed by atoms with Crippen molar-refractivity contribution in [2.24, 2.45) is 0 Å². The molecular weight excluding hydrogens is 376 g/mol. The first kappa shape index (κ1) is 17.1. The van der Waals surface area contributed by atoms with Crippen LogP contribution in [0.2, 0.25) is 0 Å². The van der Waals surface area contributed by atoms with Crippen molar-refractivity contribution in [1.29, 1.82) is 0 Å². The number of hydrogen-bond donors (Lipinski definition) is 0. The van der Waals surface area contributed by atoms with Crippen LogP contribution in [0.1, 0.15) is 24.6 Å². The minimum atomic E-state index is -0.0290. The molecule has 1 aliphatic rings. The SMILES string of the molecule is O=C(COc1cccc2nsnc12)N1CCCC(c2nnc3ccccn23)C1. The van der Waals surface area contributed by atoms with Crippen molar-refractivity contribution in [1.82, 2.24) is 28.2 Å². The number of pyridine rings is 1. The predicted molar refractivity (Wildman–Crippen MR) is 104 cm³/mol. The molecule has 0 bridgehead atoms. The van der Waals surface area contributed by atoms with Gasteiger partial charge in [0.2, 0.25) is 0 Å². The fraction of sp³-hybridized carbons (Fsp3) is 0.316. The second-order valence-corrected chi connectivity index (χ2v) is 7.37. The highest BCUT2D eigenvalue weighted by atomic mass is 32.1. The van der Waals surface area contributed by atoms with E-state index in [-0.39, 0.29) is 18.4 Å². The zero-order valence-corrected chi connectivity index (χ0v) is 15.9. The third kappa shape index (κ3) is 3.07. The van der Waals surface area contributed by atoms with E-state index in [0.717, 1.165) is 48.1 Å². The van der Waals surface area contributed by atoms with E-state index >= 15 is 0 Å². The molecule has 0 spiro atoms. The molecular formula is C19H18N6O2S. The van der Waals surface area contributed by atoms with Crippen LogP contribution in [0, 0.1) is 0 Å². The number of aromatic nitrogens is 5. The van der Waals surface area contributed by atoms with E-state index in [1.165, 1.54) is 0 Å². The van der Waals surface area contributed by atoms with E-state index in [9.17, 15) is 4.79 Å². The Bertz CT molecular complexity index is 1140. The first-order valence-electron chi connectivity index (χ1n) is 9.21. The second-order valence-electron chi connectivity index (χ2n) is 6.84. The molecule has 1 amide bonds. The van der Waals surface area contributed by atoms with Gasteiger partial charge in [-0.1, -0.05) is 12.1 Å². The van der Waals surface area contributed by atoms with Gasteiger partial charge in [-0.05, 0) is 37.1 Å². The Balaban J connectivity index is 1.28. The van der Waals surface area contributed by atoms with Gasteiger partial charge in [0.15, 0.2) is 12.3 Å². The Labute approximate surface area is 165 Å². The summed E-state index contributed by atoms with van der Waals surface area (Å²) in [5.74, 6) is 1.64. The van der Waals surface area contributed by atoms with Gasteiger partial charge in [0.25, 0.3) is 5.91 Å². The number of fused-ring (bicyclic) bond motifs is 2. The average molecular weight is 394 g/mol. The molecule has 1 aliphatic heterocycles. The van der Waals surface area contributed by atoms with Crippen LogP contribution in [0.25, 0.3) is 16.7 Å². The highest BCUT2D eigenvalue weighted by Crippen LogP contribution is 2.27. The molecule has 1 fully saturated rings. The Morgan fingerprint density at radius 3 is 3.11 bits per heavy atom. The summed E-state index contributed by atoms with van der Waals surface area (Å²) in [6.07, 6.45) is 3.89. The van der Waals surface area contributed by atoms with Crippen molar-refractivity contribution in [2.45, 2.75) is 18.8 Å². The summed E-state index contributed by atoms with van der Waals surface area (Å²) in [5.41, 5.74) is 2.31. The maximum Gasteiger partial charge on any atom is 0.260 e. The van der Waals surface area contributed by atoms with Crippen LogP contribution >= 0.6 is 11.7 Å². The molecule has 0 N–H and O–H groups in total. The van der Waals surface area contributed by atoms with Gasteiger partial charge in [0.05, 0.1) is 11.7 Å². The number of carbonyl (C=O) groups is 1. The van der Waals surface area contributed by atoms with Crippen LogP contribution in [0.4, 0.5) is 0 Å². The Morgan fingerprint density at radius 1 is 1.18 bits per heavy atom. The molecule has 142 valence electrons. The standard InChI is InChI=1S/C19H18N6O2S/c26-17(12-27-15-7-3-6-14-18(15)23-28-22-14)24-9-4-5-13(11-24)19-21-20-16-8-1-2-10-25(16)19/h1-3,6-8,10,13H,4-5,9,11-12H2. The zero-order valence-electron chi connectivity index (χ0n) is 15.1. The number of ether oxygens (including phenoxy) is 1. The number of benzene rings is 1. The van der Waals surface area contributed by atoms with Crippen LogP contribution in [0.5, 0.6) is 5.75 Å². The monoisotopic (exact) mass is 394 g/mol. The van der Waals surface area contributed by atoms with E-state index in [0.29, 0.717) is 17.8 Å². The third-order valence-electron chi connectivity index (χ3n) is 5.08. The molecule has 1 saturated heterocycles. The first-order valence-corrected chi connectivity index (χ1v) is 9.94. The van der Waals surface area contributed by atoms with Crippen LogP contribution in [0.15, 0.2) is 42.6 Å². The summed E-state index contributed by atoms with van der Waals surface area (Å²) in [5, 5.41) is 8.60. The lowest BCUT2D eigenvalue weighted by Crippen LogP contribution is -2.42. The lowest BCUT2D eigenvalue weighted by Gasteiger charge is -2.31. The second kappa shape index (κ2) is 7.16. The van der Waals surface area contributed by atoms with Gasteiger partial charge in [-0.2, -0.15) is 8.75 Å². The van der Waals surface area contributed by atoms with Crippen LogP contribution in [0.3, 0.4) is 0 Å². The van der Waals surface area contributed by atoms with Crippen molar-refractivity contribution in [3.8, 4) is 5.75 Å². The lowest BCUT2D eigenvalue weighted by atomic mass is 9.97. The van der Waals surface area contributed by atoms with Crippen molar-refractivity contribution in [3.63, 3.8) is 0 Å². The molecule has 1 unspecified atom stereocenters. The van der Waals surface area contributed by atoms with Gasteiger partial charge in [-0.25, -0.2) is 0 Å². The van der Waals surface area contributed by atoms with Gasteiger partial charge >= 0.3 is 0 Å². The van der Waals surface area contributed by atoms with Crippen molar-refractivity contribution in [2.75, 3.05) is 19.7 Å². The van der Waals surface area contributed by atoms with Crippen LogP contribution < -0.4 is 4.74 Å². The Morgan fingerprint density at radius 2 is 2.14 bits per heavy atom. The van der Waals surface area contributed by atoms with Gasteiger partial charge in [-0.3, -0.25) is 9.20 Å². The minimum Gasteiger partial charge on any atom is -0.481 e. The molecule has 0 radical (unpaired) electrons. The Hall–Kier alpha value is -3.07. The summed E-state index contributed by atoms with van der Waals surface area (Å²) in [4.78, 5) is 14.6. The fourth-order valence-corrected chi connectivity index (χ4v) is 4.22. The molecule has 9 heteroatoms. The summed E-state index contributed by atoms with van der Waals surface area (Å²) >= 11 is 1.14. The van der Waals surface area contributed by atoms with Crippen LogP contribution in [-0.4, -0.2) is 53.8 Å². The maximum absolute atomic E-state index is 12.7. The molecule has 0 saturated carbocycles. The van der Waals surface area contributed by atoms with Gasteiger partial charge in [0, 0.05) is 25.2 Å². The first-order chi connectivity index (χ1) is 13.8. The normalized spacial score (nSPS) is 17.3. The summed E-state index contributed by atoms with van der Waals surface area (Å²) in [7, 11) is 0. The van der Waals surface area contributed by atoms with E-state index in [2.05, 4.69) is 18.9 Å². The van der Waals surface area contributed by atoms with Gasteiger partial charge < -0.3 is 9.64 Å². The lowest BCUT2D eigenvalue weighted by molar-refractivity contribution is -0.134. The van der Waals surface area contributed by atoms with E-state index in [1.54, 1.807) is 0 Å². The zero-order chi connectivity index (χ0) is 18.9. The quantitative estimate of drug-likeness (QED) is 0.529. The molecule has 1 aromatic carbocycles. The van der Waals surface area contributed by atoms with Gasteiger partial charge in [-0.15, -0.1) is 10.2 Å². The molecule has 8 nitrogen and oxygen atoms in total. The van der Waals surface area contributed by atoms with Crippen molar-refractivity contribution in [3.05, 3.63) is 48.4 Å². The average Bonchev–Trinajstić information content (AvgIpc) is 3.39. The highest BCUT2D eigenvalue weighted by Gasteiger charge is 2.28. The molecule has 5 rings (SSSR count). The smallest absolute Gasteiger partial charge is 0.260 e. The highest BCUT2D eigenvalue weighted by molar-refractivity contribution is 7.00. The summed E-state index contributed by atoms with van der Waals surface area (Å²) < 4.78 is 16.2. The largest absolute Gasteiger partial charge is 0.481 e. The van der Waals surface area contributed by atoms with Gasteiger partial charge in [0.1, 0.15) is 22.6 Å². The van der Waals surface area contributed by atoms with Crippen molar-refractivity contribution >= 4 is 34.3 Å². The predicted octanol–water partition coefficient (Wildman–Crippen LogP) is 2.52. The van der Waals surface area contributed by atoms with E-state index < -0.39 is 0 Å². The summed E-state index contributed by atoms with van der Waals surface area (Å²) in [6.45, 7) is 1.35. The van der Waals surface area contributed by atoms with E-state index in [1.807, 2.05) is 51.9 Å². The molecule has 1 atom stereocenters. The topological polar surface area (TPSA) is 85.5 Å². The van der Waals surface area contributed by atoms with Crippen LogP contribution in [-0.2, 0) is 4.79 Å². The number of carbonyl (C=O) groups excluding carboxylic acids is 1. The number of piperidine rings is 1. The fourth-order valence-electron chi connectivity index (χ4n) is 3.68. The third-order valence-corrected chi connectivity index (χ3v) is 5.62. The molecule has 4 aromatic rings. The summed E-state index contributed by atoms with van der Waals surface area (Å²) in [6, 6.07) is 11.4. The molecule has 28 heavy (non-hydrogen) atoms. The maximum atomic E-state index is 12.7. The molecule has 0 aliphatic carbocycles. The Kier molecular flexibility index (Phi) is 4.36. The minimum absolute atomic E-state index is 0.00998. The van der Waals surface area contributed by atoms with Crippen molar-refractivity contribution < 1.29 is 9.53 Å². The number of nitrogens with zero attached hydrogens (tertiary/aromatic N) is 6. The number of rotatable bonds is 4. The van der Waals surface area contributed by atoms with E-state index in [4.69, 9.17) is 4.74 Å². The molecule has 3 aromatic heterocycles. The number of amides is 1.